The zero-order valence-electron chi connectivity index (χ0n) is 14.2. The van der Waals surface area contributed by atoms with Crippen LogP contribution >= 0.6 is 0 Å². The van der Waals surface area contributed by atoms with Crippen molar-refractivity contribution in [1.29, 1.82) is 0 Å². The highest BCUT2D eigenvalue weighted by molar-refractivity contribution is 7.89. The van der Waals surface area contributed by atoms with E-state index in [0.29, 0.717) is 12.3 Å². The molecule has 1 fully saturated rings. The molecule has 1 aromatic carbocycles. The number of piperazine rings is 1. The summed E-state index contributed by atoms with van der Waals surface area (Å²) in [6.07, 6.45) is 0.803. The van der Waals surface area contributed by atoms with Crippen LogP contribution in [0.2, 0.25) is 0 Å². The number of rotatable bonds is 7. The minimum atomic E-state index is -3.54. The predicted octanol–water partition coefficient (Wildman–Crippen LogP) is 0.919. The second kappa shape index (κ2) is 8.10. The smallest absolute Gasteiger partial charge is 0.244 e. The van der Waals surface area contributed by atoms with Gasteiger partial charge in [0.1, 0.15) is 10.6 Å². The molecule has 2 rings (SSSR count). The first kappa shape index (κ1) is 18.2. The molecule has 0 unspecified atom stereocenters. The van der Waals surface area contributed by atoms with Crippen molar-refractivity contribution in [3.63, 3.8) is 0 Å². The van der Waals surface area contributed by atoms with Gasteiger partial charge in [-0.05, 0) is 44.6 Å². The molecule has 0 spiro atoms. The molecule has 1 aromatic rings. The number of methoxy groups -OCH3 is 1. The van der Waals surface area contributed by atoms with Gasteiger partial charge in [-0.2, -0.15) is 0 Å². The summed E-state index contributed by atoms with van der Waals surface area (Å²) in [5.74, 6) is 0.377. The minimum absolute atomic E-state index is 0.208. The number of nitrogens with one attached hydrogen (secondary N) is 1. The van der Waals surface area contributed by atoms with Crippen LogP contribution in [0, 0.1) is 6.92 Å². The highest BCUT2D eigenvalue weighted by atomic mass is 32.2. The molecule has 1 saturated heterocycles. The standard InChI is InChI=1S/C16H27N3O3S/c1-14-5-6-15(22-3)16(13-14)23(20,21)17-7-4-8-19-11-9-18(2)10-12-19/h5-6,13,17H,4,7-12H2,1-3H3. The van der Waals surface area contributed by atoms with E-state index < -0.39 is 10.0 Å². The normalized spacial score (nSPS) is 17.3. The number of aryl methyl sites for hydroxylation is 1. The Bertz CT molecular complexity index is 611. The molecule has 0 bridgehead atoms. The van der Waals surface area contributed by atoms with Crippen molar-refractivity contribution in [1.82, 2.24) is 14.5 Å². The Morgan fingerprint density at radius 2 is 1.91 bits per heavy atom. The summed E-state index contributed by atoms with van der Waals surface area (Å²) in [5, 5.41) is 0. The van der Waals surface area contributed by atoms with E-state index in [1.165, 1.54) is 7.11 Å². The molecule has 0 amide bonds. The van der Waals surface area contributed by atoms with Gasteiger partial charge >= 0.3 is 0 Å². The molecule has 0 aliphatic carbocycles. The number of likely N-dealkylation sites (N-methyl/N-ethyl adjacent to an activating group) is 1. The molecule has 7 heteroatoms. The van der Waals surface area contributed by atoms with Crippen LogP contribution in [0.4, 0.5) is 0 Å². The van der Waals surface area contributed by atoms with Crippen LogP contribution in [0.1, 0.15) is 12.0 Å². The van der Waals surface area contributed by atoms with E-state index in [0.717, 1.165) is 44.7 Å². The third kappa shape index (κ3) is 5.17. The van der Waals surface area contributed by atoms with Crippen molar-refractivity contribution < 1.29 is 13.2 Å². The molecule has 1 N–H and O–H groups in total. The first-order valence-corrected chi connectivity index (χ1v) is 9.46. The molecule has 6 nitrogen and oxygen atoms in total. The summed E-state index contributed by atoms with van der Waals surface area (Å²) in [7, 11) is 0.0699. The van der Waals surface area contributed by atoms with Gasteiger partial charge in [-0.15, -0.1) is 0 Å². The van der Waals surface area contributed by atoms with E-state index >= 15 is 0 Å². The molecule has 0 radical (unpaired) electrons. The molecule has 0 saturated carbocycles. The van der Waals surface area contributed by atoms with E-state index in [4.69, 9.17) is 4.74 Å². The first-order valence-electron chi connectivity index (χ1n) is 7.97. The number of nitrogens with zero attached hydrogens (tertiary/aromatic N) is 2. The summed E-state index contributed by atoms with van der Waals surface area (Å²) in [6, 6.07) is 5.17. The van der Waals surface area contributed by atoms with Crippen molar-refractivity contribution >= 4 is 10.0 Å². The zero-order chi connectivity index (χ0) is 16.9. The third-order valence-corrected chi connectivity index (χ3v) is 5.63. The highest BCUT2D eigenvalue weighted by Gasteiger charge is 2.19. The van der Waals surface area contributed by atoms with Crippen LogP contribution in [-0.4, -0.2) is 71.6 Å². The Balaban J connectivity index is 1.86. The molecule has 1 aliphatic rings. The molecule has 1 heterocycles. The summed E-state index contributed by atoms with van der Waals surface area (Å²) >= 11 is 0. The maximum Gasteiger partial charge on any atom is 0.244 e. The van der Waals surface area contributed by atoms with Gasteiger partial charge in [0.15, 0.2) is 0 Å². The maximum atomic E-state index is 12.4. The van der Waals surface area contributed by atoms with Crippen molar-refractivity contribution in [3.8, 4) is 5.75 Å². The van der Waals surface area contributed by atoms with Gasteiger partial charge in [0.05, 0.1) is 7.11 Å². The van der Waals surface area contributed by atoms with Gasteiger partial charge in [0, 0.05) is 32.7 Å². The lowest BCUT2D eigenvalue weighted by molar-refractivity contribution is 0.153. The Hall–Kier alpha value is -1.15. The van der Waals surface area contributed by atoms with E-state index in [-0.39, 0.29) is 4.90 Å². The third-order valence-electron chi connectivity index (χ3n) is 4.15. The van der Waals surface area contributed by atoms with Gasteiger partial charge in [0.25, 0.3) is 0 Å². The van der Waals surface area contributed by atoms with Gasteiger partial charge in [-0.3, -0.25) is 0 Å². The van der Waals surface area contributed by atoms with Gasteiger partial charge in [-0.25, -0.2) is 13.1 Å². The molecule has 130 valence electrons. The highest BCUT2D eigenvalue weighted by Crippen LogP contribution is 2.24. The summed E-state index contributed by atoms with van der Waals surface area (Å²) in [4.78, 5) is 4.89. The van der Waals surface area contributed by atoms with E-state index in [1.54, 1.807) is 12.1 Å². The van der Waals surface area contributed by atoms with Crippen molar-refractivity contribution in [2.45, 2.75) is 18.2 Å². The first-order chi connectivity index (χ1) is 10.9. The van der Waals surface area contributed by atoms with E-state index in [9.17, 15) is 8.42 Å². The lowest BCUT2D eigenvalue weighted by Gasteiger charge is -2.32. The van der Waals surface area contributed by atoms with Crippen molar-refractivity contribution in [2.75, 3.05) is 53.4 Å². The Morgan fingerprint density at radius 3 is 2.57 bits per heavy atom. The molecule has 0 atom stereocenters. The second-order valence-corrected chi connectivity index (χ2v) is 7.79. The zero-order valence-corrected chi connectivity index (χ0v) is 15.0. The number of sulfonamides is 1. The Labute approximate surface area is 139 Å². The SMILES string of the molecule is COc1ccc(C)cc1S(=O)(=O)NCCCN1CCN(C)CC1. The fraction of sp³-hybridized carbons (Fsp3) is 0.625. The minimum Gasteiger partial charge on any atom is -0.495 e. The lowest BCUT2D eigenvalue weighted by Crippen LogP contribution is -2.45. The van der Waals surface area contributed by atoms with Crippen molar-refractivity contribution in [3.05, 3.63) is 23.8 Å². The van der Waals surface area contributed by atoms with Crippen LogP contribution in [0.5, 0.6) is 5.75 Å². The molecule has 1 aliphatic heterocycles. The fourth-order valence-corrected chi connectivity index (χ4v) is 3.98. The lowest BCUT2D eigenvalue weighted by atomic mass is 10.2. The molecule has 0 aromatic heterocycles. The summed E-state index contributed by atoms with van der Waals surface area (Å²) in [5.41, 5.74) is 0.892. The summed E-state index contributed by atoms with van der Waals surface area (Å²) in [6.45, 7) is 7.47. The summed E-state index contributed by atoms with van der Waals surface area (Å²) < 4.78 is 32.7. The number of hydrogen-bond acceptors (Lipinski definition) is 5. The van der Waals surface area contributed by atoms with Crippen LogP contribution in [0.15, 0.2) is 23.1 Å². The molecular weight excluding hydrogens is 314 g/mol. The van der Waals surface area contributed by atoms with Gasteiger partial charge in [-0.1, -0.05) is 6.07 Å². The maximum absolute atomic E-state index is 12.4. The topological polar surface area (TPSA) is 61.9 Å². The predicted molar refractivity (Wildman–Crippen MR) is 91.5 cm³/mol. The largest absolute Gasteiger partial charge is 0.495 e. The number of ether oxygens (including phenoxy) is 1. The van der Waals surface area contributed by atoms with E-state index in [1.807, 2.05) is 13.0 Å². The van der Waals surface area contributed by atoms with Crippen LogP contribution in [0.3, 0.4) is 0 Å². The van der Waals surface area contributed by atoms with Crippen LogP contribution in [-0.2, 0) is 10.0 Å². The Morgan fingerprint density at radius 1 is 1.22 bits per heavy atom. The monoisotopic (exact) mass is 341 g/mol. The fourth-order valence-electron chi connectivity index (χ4n) is 2.65. The number of hydrogen-bond donors (Lipinski definition) is 1. The van der Waals surface area contributed by atoms with Crippen LogP contribution < -0.4 is 9.46 Å². The molecular formula is C16H27N3O3S. The average molecular weight is 341 g/mol. The second-order valence-electron chi connectivity index (χ2n) is 6.05. The quantitative estimate of drug-likeness (QED) is 0.747. The van der Waals surface area contributed by atoms with Gasteiger partial charge in [0.2, 0.25) is 10.0 Å². The average Bonchev–Trinajstić information content (AvgIpc) is 2.53. The number of benzene rings is 1. The van der Waals surface area contributed by atoms with E-state index in [2.05, 4.69) is 21.6 Å². The van der Waals surface area contributed by atoms with Crippen molar-refractivity contribution in [2.24, 2.45) is 0 Å². The Kier molecular flexibility index (Phi) is 6.41. The van der Waals surface area contributed by atoms with Crippen LogP contribution in [0.25, 0.3) is 0 Å². The van der Waals surface area contributed by atoms with Gasteiger partial charge < -0.3 is 14.5 Å². The molecule has 23 heavy (non-hydrogen) atoms.